The van der Waals surface area contributed by atoms with E-state index in [2.05, 4.69) is 0 Å². The average Bonchev–Trinajstić information content (AvgIpc) is 3.27. The van der Waals surface area contributed by atoms with Gasteiger partial charge in [-0.3, -0.25) is 0 Å². The van der Waals surface area contributed by atoms with Crippen LogP contribution in [-0.4, -0.2) is 33.2 Å². The van der Waals surface area contributed by atoms with Crippen LogP contribution in [0.5, 0.6) is 17.2 Å². The van der Waals surface area contributed by atoms with Crippen molar-refractivity contribution >= 4 is 10.0 Å². The van der Waals surface area contributed by atoms with Crippen LogP contribution in [0, 0.1) is 6.92 Å². The third-order valence-electron chi connectivity index (χ3n) is 6.96. The summed E-state index contributed by atoms with van der Waals surface area (Å²) in [6, 6.07) is 18.1. The van der Waals surface area contributed by atoms with Crippen molar-refractivity contribution in [2.45, 2.75) is 35.9 Å². The molecule has 0 spiro atoms. The third kappa shape index (κ3) is 2.40. The fourth-order valence-corrected chi connectivity index (χ4v) is 7.39. The molecular weight excluding hydrogens is 426 g/mol. The van der Waals surface area contributed by atoms with Gasteiger partial charge in [-0.1, -0.05) is 35.9 Å². The minimum absolute atomic E-state index is 0.0784. The van der Waals surface area contributed by atoms with Crippen LogP contribution in [0.3, 0.4) is 0 Å². The minimum Gasteiger partial charge on any atom is -0.496 e. The molecule has 2 heterocycles. The van der Waals surface area contributed by atoms with E-state index < -0.39 is 22.3 Å². The van der Waals surface area contributed by atoms with Crippen LogP contribution >= 0.6 is 0 Å². The van der Waals surface area contributed by atoms with Crippen molar-refractivity contribution in [3.05, 3.63) is 82.9 Å². The zero-order valence-corrected chi connectivity index (χ0v) is 18.8. The smallest absolute Gasteiger partial charge is 0.246 e. The van der Waals surface area contributed by atoms with Gasteiger partial charge in [0, 0.05) is 28.5 Å². The van der Waals surface area contributed by atoms with E-state index in [0.717, 1.165) is 33.8 Å². The third-order valence-corrected chi connectivity index (χ3v) is 8.82. The van der Waals surface area contributed by atoms with Gasteiger partial charge in [0.25, 0.3) is 0 Å². The predicted octanol–water partition coefficient (Wildman–Crippen LogP) is 4.36. The molecule has 32 heavy (non-hydrogen) atoms. The second-order valence-corrected chi connectivity index (χ2v) is 10.3. The molecule has 3 aliphatic rings. The Balaban J connectivity index is 1.61. The molecule has 4 bridgehead atoms. The van der Waals surface area contributed by atoms with Crippen LogP contribution < -0.4 is 14.2 Å². The first-order valence-corrected chi connectivity index (χ1v) is 12.0. The standard InChI is InChI=1S/C25H23NO5S/c1-14-8-10-15(11-9-14)32(27,28)26-24-20-16-6-4-5-7-17(16)31-25(26)23(20)21-18(29-2)12-13-19(30-3)22(21)24/h4-13,20,23-25H,1-3H3/t20-,23+,24-,25+/m0/s1. The van der Waals surface area contributed by atoms with Gasteiger partial charge in [-0.05, 0) is 37.3 Å². The molecule has 0 N–H and O–H groups in total. The first-order valence-electron chi connectivity index (χ1n) is 10.6. The Kier molecular flexibility index (Phi) is 4.13. The molecule has 2 aliphatic heterocycles. The zero-order chi connectivity index (χ0) is 22.2. The number of benzene rings is 3. The summed E-state index contributed by atoms with van der Waals surface area (Å²) in [6.07, 6.45) is -0.653. The van der Waals surface area contributed by atoms with E-state index in [1.54, 1.807) is 30.7 Å². The molecule has 6 rings (SSSR count). The van der Waals surface area contributed by atoms with E-state index in [4.69, 9.17) is 14.2 Å². The molecule has 0 saturated carbocycles. The predicted molar refractivity (Wildman–Crippen MR) is 119 cm³/mol. The van der Waals surface area contributed by atoms with Crippen molar-refractivity contribution in [2.24, 2.45) is 0 Å². The molecule has 0 amide bonds. The maximum atomic E-state index is 14.0. The summed E-state index contributed by atoms with van der Waals surface area (Å²) in [5.74, 6) is 1.87. The Hall–Kier alpha value is -3.03. The Labute approximate surface area is 187 Å². The Morgan fingerprint density at radius 2 is 1.50 bits per heavy atom. The molecule has 1 saturated heterocycles. The number of nitrogens with zero attached hydrogens (tertiary/aromatic N) is 1. The second-order valence-electron chi connectivity index (χ2n) is 8.49. The highest BCUT2D eigenvalue weighted by Gasteiger charge is 2.66. The number of ether oxygens (including phenoxy) is 3. The van der Waals surface area contributed by atoms with E-state index in [1.165, 1.54) is 0 Å². The first-order chi connectivity index (χ1) is 15.5. The molecule has 1 aliphatic carbocycles. The number of fused-ring (bicyclic) bond motifs is 3. The van der Waals surface area contributed by atoms with Crippen LogP contribution in [0.15, 0.2) is 65.6 Å². The van der Waals surface area contributed by atoms with Gasteiger partial charge in [0.15, 0.2) is 6.23 Å². The summed E-state index contributed by atoms with van der Waals surface area (Å²) in [7, 11) is -0.581. The number of hydrogen-bond donors (Lipinski definition) is 0. The normalized spacial score (nSPS) is 25.1. The highest BCUT2D eigenvalue weighted by Crippen LogP contribution is 2.69. The van der Waals surface area contributed by atoms with E-state index in [9.17, 15) is 8.42 Å². The molecule has 7 heteroatoms. The number of aryl methyl sites for hydroxylation is 1. The average molecular weight is 450 g/mol. The molecule has 3 aromatic rings. The molecule has 4 atom stereocenters. The number of methoxy groups -OCH3 is 2. The lowest BCUT2D eigenvalue weighted by Gasteiger charge is -2.36. The topological polar surface area (TPSA) is 65.1 Å². The van der Waals surface area contributed by atoms with Crippen LogP contribution in [0.2, 0.25) is 0 Å². The lowest BCUT2D eigenvalue weighted by atomic mass is 9.84. The molecule has 0 aromatic heterocycles. The highest BCUT2D eigenvalue weighted by atomic mass is 32.2. The molecule has 0 radical (unpaired) electrons. The van der Waals surface area contributed by atoms with Gasteiger partial charge in [-0.15, -0.1) is 0 Å². The quantitative estimate of drug-likeness (QED) is 0.592. The lowest BCUT2D eigenvalue weighted by molar-refractivity contribution is 0.0785. The minimum atomic E-state index is -3.83. The van der Waals surface area contributed by atoms with Crippen LogP contribution in [0.4, 0.5) is 0 Å². The number of rotatable bonds is 4. The largest absolute Gasteiger partial charge is 0.496 e. The van der Waals surface area contributed by atoms with Crippen molar-refractivity contribution in [1.82, 2.24) is 4.31 Å². The summed E-state index contributed by atoms with van der Waals surface area (Å²) in [6.45, 7) is 1.94. The second kappa shape index (κ2) is 6.73. The SMILES string of the molecule is COc1ccc(OC)c2c1[C@H]1[C@@H]3c4ccccc4O[C@H]1N(S(=O)(=O)c1ccc(C)cc1)[C@H]23. The maximum absolute atomic E-state index is 14.0. The summed E-state index contributed by atoms with van der Waals surface area (Å²) >= 11 is 0. The van der Waals surface area contributed by atoms with Gasteiger partial charge in [-0.25, -0.2) is 8.42 Å². The van der Waals surface area contributed by atoms with Crippen molar-refractivity contribution < 1.29 is 22.6 Å². The van der Waals surface area contributed by atoms with E-state index >= 15 is 0 Å². The van der Waals surface area contributed by atoms with E-state index in [0.29, 0.717) is 5.75 Å². The van der Waals surface area contributed by atoms with Crippen molar-refractivity contribution in [3.8, 4) is 17.2 Å². The molecule has 6 nitrogen and oxygen atoms in total. The zero-order valence-electron chi connectivity index (χ0n) is 18.0. The molecule has 3 aromatic carbocycles. The van der Waals surface area contributed by atoms with E-state index in [1.807, 2.05) is 55.5 Å². The number of sulfonamides is 1. The monoisotopic (exact) mass is 449 g/mol. The van der Waals surface area contributed by atoms with Crippen molar-refractivity contribution in [2.75, 3.05) is 14.2 Å². The van der Waals surface area contributed by atoms with Gasteiger partial charge >= 0.3 is 0 Å². The summed E-state index contributed by atoms with van der Waals surface area (Å²) in [5.41, 5.74) is 3.87. The maximum Gasteiger partial charge on any atom is 0.246 e. The summed E-state index contributed by atoms with van der Waals surface area (Å²) in [4.78, 5) is 0.261. The van der Waals surface area contributed by atoms with Crippen LogP contribution in [-0.2, 0) is 10.0 Å². The van der Waals surface area contributed by atoms with Crippen molar-refractivity contribution in [3.63, 3.8) is 0 Å². The van der Waals surface area contributed by atoms with Crippen LogP contribution in [0.1, 0.15) is 40.1 Å². The summed E-state index contributed by atoms with van der Waals surface area (Å²) in [5, 5.41) is 0. The Morgan fingerprint density at radius 1 is 0.844 bits per heavy atom. The highest BCUT2D eigenvalue weighted by molar-refractivity contribution is 7.89. The Morgan fingerprint density at radius 3 is 2.19 bits per heavy atom. The number of para-hydroxylation sites is 1. The van der Waals surface area contributed by atoms with Gasteiger partial charge in [0.1, 0.15) is 17.2 Å². The van der Waals surface area contributed by atoms with Gasteiger partial charge in [0.05, 0.1) is 25.2 Å². The number of hydrogen-bond acceptors (Lipinski definition) is 5. The van der Waals surface area contributed by atoms with Crippen molar-refractivity contribution in [1.29, 1.82) is 0 Å². The molecule has 164 valence electrons. The van der Waals surface area contributed by atoms with Gasteiger partial charge in [-0.2, -0.15) is 4.31 Å². The fraction of sp³-hybridized carbons (Fsp3) is 0.280. The lowest BCUT2D eigenvalue weighted by Crippen LogP contribution is -2.45. The van der Waals surface area contributed by atoms with E-state index in [-0.39, 0.29) is 16.7 Å². The molecule has 1 fully saturated rings. The summed E-state index contributed by atoms with van der Waals surface area (Å²) < 4.78 is 47.3. The molecule has 0 unspecified atom stereocenters. The van der Waals surface area contributed by atoms with Gasteiger partial charge in [0.2, 0.25) is 10.0 Å². The molecular formula is C25H23NO5S. The fourth-order valence-electron chi connectivity index (χ4n) is 5.68. The van der Waals surface area contributed by atoms with Gasteiger partial charge < -0.3 is 14.2 Å². The van der Waals surface area contributed by atoms with Crippen LogP contribution in [0.25, 0.3) is 0 Å². The Bertz CT molecular complexity index is 1330. The first kappa shape index (κ1) is 19.6.